The molecule has 1 aromatic carbocycles. The molecule has 7 heteroatoms. The summed E-state index contributed by atoms with van der Waals surface area (Å²) in [6.45, 7) is 0. The molecule has 0 unspecified atom stereocenters. The van der Waals surface area contributed by atoms with Crippen LogP contribution in [0.2, 0.25) is 5.02 Å². The predicted molar refractivity (Wildman–Crippen MR) is 70.9 cm³/mol. The molecule has 0 aliphatic heterocycles. The van der Waals surface area contributed by atoms with Crippen LogP contribution < -0.4 is 5.63 Å². The van der Waals surface area contributed by atoms with Crippen molar-refractivity contribution in [2.24, 2.45) is 0 Å². The van der Waals surface area contributed by atoms with Gasteiger partial charge in [0.05, 0.1) is 10.6 Å². The zero-order valence-corrected chi connectivity index (χ0v) is 11.4. The van der Waals surface area contributed by atoms with Crippen molar-refractivity contribution in [1.82, 2.24) is 0 Å². The summed E-state index contributed by atoms with van der Waals surface area (Å²) in [6, 6.07) is 1.59. The first kappa shape index (κ1) is 14.3. The summed E-state index contributed by atoms with van der Waals surface area (Å²) in [5.41, 5.74) is -1.19. The summed E-state index contributed by atoms with van der Waals surface area (Å²) in [6.07, 6.45) is 1.32. The third-order valence-electron chi connectivity index (χ3n) is 2.41. The Kier molecular flexibility index (Phi) is 4.13. The molecule has 19 heavy (non-hydrogen) atoms. The standard InChI is InChI=1S/C12H5Cl3F2O2/c13-9(14)2-1-6-10(15)7-3-5(16)4-8(17)11(7)19-12(6)18/h2-4H,1H2. The molecule has 0 spiro atoms. The number of rotatable bonds is 2. The van der Waals surface area contributed by atoms with Crippen molar-refractivity contribution in [3.63, 3.8) is 0 Å². The van der Waals surface area contributed by atoms with Gasteiger partial charge in [0.25, 0.3) is 0 Å². The van der Waals surface area contributed by atoms with Gasteiger partial charge in [0.15, 0.2) is 11.4 Å². The van der Waals surface area contributed by atoms with Crippen molar-refractivity contribution < 1.29 is 13.2 Å². The van der Waals surface area contributed by atoms with Gasteiger partial charge in [0, 0.05) is 17.9 Å². The zero-order chi connectivity index (χ0) is 14.2. The number of hydrogen-bond donors (Lipinski definition) is 0. The van der Waals surface area contributed by atoms with Crippen LogP contribution in [0, 0.1) is 11.6 Å². The molecule has 2 aromatic rings. The first-order chi connectivity index (χ1) is 8.90. The summed E-state index contributed by atoms with van der Waals surface area (Å²) < 4.78 is 31.4. The first-order valence-corrected chi connectivity index (χ1v) is 6.15. The smallest absolute Gasteiger partial charge is 0.341 e. The quantitative estimate of drug-likeness (QED) is 0.756. The van der Waals surface area contributed by atoms with Crippen molar-refractivity contribution in [3.05, 3.63) is 55.3 Å². The molecule has 0 aliphatic carbocycles. The van der Waals surface area contributed by atoms with E-state index in [0.29, 0.717) is 6.07 Å². The Labute approximate surface area is 121 Å². The maximum atomic E-state index is 13.5. The van der Waals surface area contributed by atoms with E-state index in [9.17, 15) is 13.6 Å². The Morgan fingerprint density at radius 3 is 2.63 bits per heavy atom. The number of fused-ring (bicyclic) bond motifs is 1. The zero-order valence-electron chi connectivity index (χ0n) is 9.15. The molecule has 0 atom stereocenters. The Morgan fingerprint density at radius 2 is 2.00 bits per heavy atom. The largest absolute Gasteiger partial charge is 0.419 e. The van der Waals surface area contributed by atoms with Gasteiger partial charge < -0.3 is 4.42 Å². The van der Waals surface area contributed by atoms with Gasteiger partial charge in [0.1, 0.15) is 10.3 Å². The van der Waals surface area contributed by atoms with E-state index in [-0.39, 0.29) is 32.5 Å². The van der Waals surface area contributed by atoms with E-state index in [0.717, 1.165) is 6.07 Å². The van der Waals surface area contributed by atoms with Crippen molar-refractivity contribution in [3.8, 4) is 0 Å². The summed E-state index contributed by atoms with van der Waals surface area (Å²) in [4.78, 5) is 11.7. The van der Waals surface area contributed by atoms with Crippen molar-refractivity contribution in [2.75, 3.05) is 0 Å². The van der Waals surface area contributed by atoms with Gasteiger partial charge >= 0.3 is 5.63 Å². The van der Waals surface area contributed by atoms with E-state index >= 15 is 0 Å². The normalized spacial score (nSPS) is 10.8. The minimum Gasteiger partial charge on any atom is -0.419 e. The second-order valence-corrected chi connectivity index (χ2v) is 5.03. The molecule has 0 radical (unpaired) electrons. The van der Waals surface area contributed by atoms with Crippen molar-refractivity contribution in [1.29, 1.82) is 0 Å². The molecule has 1 heterocycles. The van der Waals surface area contributed by atoms with Gasteiger partial charge in [-0.05, 0) is 12.1 Å². The van der Waals surface area contributed by atoms with Crippen LogP contribution in [0.15, 0.2) is 31.9 Å². The molecular formula is C12H5Cl3F2O2. The van der Waals surface area contributed by atoms with Crippen LogP contribution in [0.4, 0.5) is 8.78 Å². The lowest BCUT2D eigenvalue weighted by molar-refractivity contribution is 0.511. The van der Waals surface area contributed by atoms with Crippen molar-refractivity contribution >= 4 is 45.8 Å². The molecule has 1 aromatic heterocycles. The van der Waals surface area contributed by atoms with Gasteiger partial charge in [-0.1, -0.05) is 34.8 Å². The van der Waals surface area contributed by atoms with Crippen LogP contribution in [-0.2, 0) is 6.42 Å². The maximum Gasteiger partial charge on any atom is 0.341 e. The maximum absolute atomic E-state index is 13.5. The highest BCUT2D eigenvalue weighted by atomic mass is 35.5. The highest BCUT2D eigenvalue weighted by Gasteiger charge is 2.16. The molecule has 0 aliphatic rings. The van der Waals surface area contributed by atoms with E-state index in [4.69, 9.17) is 39.2 Å². The minimum absolute atomic E-state index is 0.00241. The molecule has 0 bridgehead atoms. The molecule has 100 valence electrons. The minimum atomic E-state index is -0.994. The second-order valence-electron chi connectivity index (χ2n) is 3.64. The summed E-state index contributed by atoms with van der Waals surface area (Å²) >= 11 is 16.8. The highest BCUT2D eigenvalue weighted by molar-refractivity contribution is 6.55. The summed E-state index contributed by atoms with van der Waals surface area (Å²) in [5.74, 6) is -1.82. The number of hydrogen-bond acceptors (Lipinski definition) is 2. The first-order valence-electron chi connectivity index (χ1n) is 5.01. The molecule has 0 fully saturated rings. The van der Waals surface area contributed by atoms with Gasteiger partial charge in [-0.2, -0.15) is 0 Å². The second kappa shape index (κ2) is 5.49. The van der Waals surface area contributed by atoms with Crippen LogP contribution in [0.1, 0.15) is 5.56 Å². The lowest BCUT2D eigenvalue weighted by Crippen LogP contribution is -2.08. The monoisotopic (exact) mass is 324 g/mol. The van der Waals surface area contributed by atoms with Crippen LogP contribution in [0.5, 0.6) is 0 Å². The molecule has 0 saturated heterocycles. The van der Waals surface area contributed by atoms with Gasteiger partial charge in [-0.15, -0.1) is 0 Å². The Bertz CT molecular complexity index is 734. The molecular weight excluding hydrogens is 320 g/mol. The summed E-state index contributed by atoms with van der Waals surface area (Å²) in [7, 11) is 0. The van der Waals surface area contributed by atoms with E-state index in [1.165, 1.54) is 6.08 Å². The lowest BCUT2D eigenvalue weighted by atomic mass is 10.1. The van der Waals surface area contributed by atoms with Crippen LogP contribution >= 0.6 is 34.8 Å². The Morgan fingerprint density at radius 1 is 1.32 bits per heavy atom. The van der Waals surface area contributed by atoms with Crippen LogP contribution in [0.3, 0.4) is 0 Å². The molecule has 0 saturated carbocycles. The lowest BCUT2D eigenvalue weighted by Gasteiger charge is -2.05. The van der Waals surface area contributed by atoms with E-state index < -0.39 is 17.3 Å². The fourth-order valence-electron chi connectivity index (χ4n) is 1.59. The third kappa shape index (κ3) is 2.91. The molecule has 2 nitrogen and oxygen atoms in total. The summed E-state index contributed by atoms with van der Waals surface area (Å²) in [5, 5.41) is -0.108. The highest BCUT2D eigenvalue weighted by Crippen LogP contribution is 2.28. The van der Waals surface area contributed by atoms with E-state index in [1.54, 1.807) is 0 Å². The third-order valence-corrected chi connectivity index (χ3v) is 3.15. The fraction of sp³-hybridized carbons (Fsp3) is 0.0833. The van der Waals surface area contributed by atoms with Crippen LogP contribution in [0.25, 0.3) is 11.0 Å². The SMILES string of the molecule is O=c1oc2c(F)cc(F)cc2c(Cl)c1CC=C(Cl)Cl. The molecule has 2 rings (SSSR count). The Balaban J connectivity index is 2.74. The Hall–Kier alpha value is -1.10. The van der Waals surface area contributed by atoms with Gasteiger partial charge in [-0.25, -0.2) is 13.6 Å². The van der Waals surface area contributed by atoms with Gasteiger partial charge in [0.2, 0.25) is 0 Å². The average Bonchev–Trinajstić information content (AvgIpc) is 2.30. The molecule has 0 amide bonds. The van der Waals surface area contributed by atoms with Gasteiger partial charge in [-0.3, -0.25) is 0 Å². The topological polar surface area (TPSA) is 30.2 Å². The number of allylic oxidation sites excluding steroid dienone is 1. The van der Waals surface area contributed by atoms with E-state index in [2.05, 4.69) is 0 Å². The van der Waals surface area contributed by atoms with Crippen molar-refractivity contribution in [2.45, 2.75) is 6.42 Å². The fourth-order valence-corrected chi connectivity index (χ4v) is 2.03. The number of benzene rings is 1. The molecule has 0 N–H and O–H groups in total. The average molecular weight is 326 g/mol. The van der Waals surface area contributed by atoms with E-state index in [1.807, 2.05) is 0 Å². The predicted octanol–water partition coefficient (Wildman–Crippen LogP) is 4.59. The van der Waals surface area contributed by atoms with Crippen LogP contribution in [-0.4, -0.2) is 0 Å². The number of halogens is 5.